The van der Waals surface area contributed by atoms with Crippen molar-refractivity contribution in [3.8, 4) is 0 Å². The fourth-order valence-electron chi connectivity index (χ4n) is 2.19. The fraction of sp³-hybridized carbons (Fsp3) is 0.308. The van der Waals surface area contributed by atoms with E-state index in [0.717, 1.165) is 12.8 Å². The lowest BCUT2D eigenvalue weighted by Gasteiger charge is -2.40. The quantitative estimate of drug-likeness (QED) is 0.672. The van der Waals surface area contributed by atoms with E-state index >= 15 is 0 Å². The molecular formula is C13H13NO2. The molecular weight excluding hydrogens is 202 g/mol. The molecule has 1 saturated heterocycles. The molecule has 2 heterocycles. The molecule has 0 radical (unpaired) electrons. The van der Waals surface area contributed by atoms with Gasteiger partial charge in [-0.2, -0.15) is 0 Å². The van der Waals surface area contributed by atoms with Gasteiger partial charge in [0.25, 0.3) is 5.91 Å². The summed E-state index contributed by atoms with van der Waals surface area (Å²) in [5.74, 6) is -0.0420. The number of carbonyl (C=O) groups is 1. The maximum absolute atomic E-state index is 12.2. The lowest BCUT2D eigenvalue weighted by molar-refractivity contribution is -0.197. The zero-order valence-corrected chi connectivity index (χ0v) is 8.87. The van der Waals surface area contributed by atoms with Gasteiger partial charge < -0.3 is 0 Å². The number of amides is 1. The standard InChI is InChI=1S/C13H13NO2/c15-13(10-4-2-1-3-5-10)14-11-6-8-12(16-14)9-7-11/h1-6,8,11-12H,7,9H2. The first-order valence-electron chi connectivity index (χ1n) is 5.58. The summed E-state index contributed by atoms with van der Waals surface area (Å²) >= 11 is 0. The maximum atomic E-state index is 12.2. The summed E-state index contributed by atoms with van der Waals surface area (Å²) < 4.78 is 0. The highest BCUT2D eigenvalue weighted by Gasteiger charge is 2.34. The van der Waals surface area contributed by atoms with Gasteiger partial charge in [-0.15, -0.1) is 0 Å². The molecule has 1 aliphatic carbocycles. The van der Waals surface area contributed by atoms with Crippen molar-refractivity contribution in [2.45, 2.75) is 25.0 Å². The Balaban J connectivity index is 1.84. The van der Waals surface area contributed by atoms with E-state index < -0.39 is 0 Å². The monoisotopic (exact) mass is 215 g/mol. The zero-order chi connectivity index (χ0) is 11.0. The SMILES string of the molecule is O=C(c1ccccc1)N1OC2C=CC1CC2. The second-order valence-corrected chi connectivity index (χ2v) is 4.17. The minimum absolute atomic E-state index is 0.0420. The van der Waals surface area contributed by atoms with Crippen LogP contribution in [0.5, 0.6) is 0 Å². The van der Waals surface area contributed by atoms with Crippen molar-refractivity contribution in [2.24, 2.45) is 0 Å². The lowest BCUT2D eigenvalue weighted by Crippen LogP contribution is -2.48. The predicted octanol–water partition coefficient (Wildman–Crippen LogP) is 2.16. The number of rotatable bonds is 1. The topological polar surface area (TPSA) is 29.5 Å². The minimum atomic E-state index is -0.0420. The van der Waals surface area contributed by atoms with Crippen molar-refractivity contribution in [3.05, 3.63) is 48.0 Å². The Bertz CT molecular complexity index is 427. The van der Waals surface area contributed by atoms with Gasteiger partial charge in [0.2, 0.25) is 0 Å². The van der Waals surface area contributed by atoms with Crippen LogP contribution < -0.4 is 0 Å². The van der Waals surface area contributed by atoms with Gasteiger partial charge in [-0.05, 0) is 25.0 Å². The molecule has 16 heavy (non-hydrogen) atoms. The molecule has 2 aliphatic heterocycles. The summed E-state index contributed by atoms with van der Waals surface area (Å²) in [6.07, 6.45) is 6.21. The molecule has 0 aromatic heterocycles. The van der Waals surface area contributed by atoms with E-state index in [1.165, 1.54) is 5.06 Å². The second-order valence-electron chi connectivity index (χ2n) is 4.17. The van der Waals surface area contributed by atoms with Crippen molar-refractivity contribution < 1.29 is 9.63 Å². The highest BCUT2D eigenvalue weighted by Crippen LogP contribution is 2.28. The van der Waals surface area contributed by atoms with Crippen LogP contribution >= 0.6 is 0 Å². The van der Waals surface area contributed by atoms with Gasteiger partial charge in [-0.1, -0.05) is 30.4 Å². The second kappa shape index (κ2) is 3.76. The summed E-state index contributed by atoms with van der Waals surface area (Å²) in [7, 11) is 0. The Morgan fingerprint density at radius 1 is 1.19 bits per heavy atom. The predicted molar refractivity (Wildman–Crippen MR) is 59.6 cm³/mol. The summed E-state index contributed by atoms with van der Waals surface area (Å²) in [4.78, 5) is 17.8. The molecule has 2 atom stereocenters. The van der Waals surface area contributed by atoms with Crippen molar-refractivity contribution in [1.29, 1.82) is 0 Å². The molecule has 3 aliphatic rings. The Morgan fingerprint density at radius 2 is 2.00 bits per heavy atom. The molecule has 0 N–H and O–H groups in total. The van der Waals surface area contributed by atoms with Gasteiger partial charge in [0, 0.05) is 5.56 Å². The average molecular weight is 215 g/mol. The minimum Gasteiger partial charge on any atom is -0.267 e. The summed E-state index contributed by atoms with van der Waals surface area (Å²) in [5.41, 5.74) is 0.684. The molecule has 2 unspecified atom stereocenters. The summed E-state index contributed by atoms with van der Waals surface area (Å²) in [6.45, 7) is 0. The molecule has 0 spiro atoms. The van der Waals surface area contributed by atoms with Crippen LogP contribution in [0.25, 0.3) is 0 Å². The summed E-state index contributed by atoms with van der Waals surface area (Å²) in [5, 5.41) is 1.52. The van der Waals surface area contributed by atoms with Crippen LogP contribution in [0, 0.1) is 0 Å². The normalized spacial score (nSPS) is 27.1. The Hall–Kier alpha value is -1.61. The van der Waals surface area contributed by atoms with Gasteiger partial charge in [0.1, 0.15) is 6.10 Å². The number of fused-ring (bicyclic) bond motifs is 2. The first-order chi connectivity index (χ1) is 7.84. The van der Waals surface area contributed by atoms with Crippen LogP contribution in [0.1, 0.15) is 23.2 Å². The molecule has 1 amide bonds. The number of hydrogen-bond donors (Lipinski definition) is 0. The fourth-order valence-corrected chi connectivity index (χ4v) is 2.19. The molecule has 1 aromatic carbocycles. The zero-order valence-electron chi connectivity index (χ0n) is 8.87. The third-order valence-corrected chi connectivity index (χ3v) is 3.07. The molecule has 3 heteroatoms. The average Bonchev–Trinajstić information content (AvgIpc) is 2.40. The van der Waals surface area contributed by atoms with E-state index in [-0.39, 0.29) is 18.1 Å². The largest absolute Gasteiger partial charge is 0.278 e. The molecule has 2 bridgehead atoms. The first-order valence-corrected chi connectivity index (χ1v) is 5.58. The molecule has 82 valence electrons. The van der Waals surface area contributed by atoms with Gasteiger partial charge in [-0.3, -0.25) is 9.63 Å². The van der Waals surface area contributed by atoms with Gasteiger partial charge in [0.15, 0.2) is 0 Å². The van der Waals surface area contributed by atoms with E-state index in [4.69, 9.17) is 4.84 Å². The van der Waals surface area contributed by atoms with E-state index in [1.54, 1.807) is 0 Å². The van der Waals surface area contributed by atoms with Gasteiger partial charge in [0.05, 0.1) is 6.04 Å². The maximum Gasteiger partial charge on any atom is 0.278 e. The van der Waals surface area contributed by atoms with Crippen LogP contribution in [0.4, 0.5) is 0 Å². The smallest absolute Gasteiger partial charge is 0.267 e. The van der Waals surface area contributed by atoms with Crippen molar-refractivity contribution in [3.63, 3.8) is 0 Å². The van der Waals surface area contributed by atoms with Crippen LogP contribution in [-0.2, 0) is 4.84 Å². The van der Waals surface area contributed by atoms with Gasteiger partial charge >= 0.3 is 0 Å². The van der Waals surface area contributed by atoms with Crippen molar-refractivity contribution >= 4 is 5.91 Å². The van der Waals surface area contributed by atoms with Gasteiger partial charge in [-0.25, -0.2) is 5.06 Å². The van der Waals surface area contributed by atoms with Crippen molar-refractivity contribution in [1.82, 2.24) is 5.06 Å². The van der Waals surface area contributed by atoms with Crippen LogP contribution in [0.15, 0.2) is 42.5 Å². The number of nitrogens with zero attached hydrogens (tertiary/aromatic N) is 1. The van der Waals surface area contributed by atoms with Crippen LogP contribution in [0.2, 0.25) is 0 Å². The molecule has 1 aromatic rings. The van der Waals surface area contributed by atoms with Crippen LogP contribution in [0.3, 0.4) is 0 Å². The third-order valence-electron chi connectivity index (χ3n) is 3.07. The van der Waals surface area contributed by atoms with E-state index in [1.807, 2.05) is 36.4 Å². The van der Waals surface area contributed by atoms with E-state index in [0.29, 0.717) is 5.56 Å². The number of hydroxylamine groups is 2. The molecule has 3 nitrogen and oxygen atoms in total. The first kappa shape index (κ1) is 9.60. The van der Waals surface area contributed by atoms with E-state index in [2.05, 4.69) is 6.08 Å². The Kier molecular flexibility index (Phi) is 2.26. The Labute approximate surface area is 94.3 Å². The molecule has 0 saturated carbocycles. The van der Waals surface area contributed by atoms with E-state index in [9.17, 15) is 4.79 Å². The number of hydrogen-bond acceptors (Lipinski definition) is 2. The lowest BCUT2D eigenvalue weighted by atomic mass is 9.98. The highest BCUT2D eigenvalue weighted by molar-refractivity contribution is 5.93. The Morgan fingerprint density at radius 3 is 2.56 bits per heavy atom. The third kappa shape index (κ3) is 1.53. The number of benzene rings is 1. The molecule has 4 rings (SSSR count). The highest BCUT2D eigenvalue weighted by atomic mass is 16.7. The summed E-state index contributed by atoms with van der Waals surface area (Å²) in [6, 6.07) is 9.38. The molecule has 1 fully saturated rings. The number of carbonyl (C=O) groups excluding carboxylic acids is 1. The van der Waals surface area contributed by atoms with Crippen molar-refractivity contribution in [2.75, 3.05) is 0 Å². The van der Waals surface area contributed by atoms with Crippen LogP contribution in [-0.4, -0.2) is 23.1 Å².